The van der Waals surface area contributed by atoms with Crippen LogP contribution in [0.15, 0.2) is 59.7 Å². The van der Waals surface area contributed by atoms with Crippen LogP contribution in [0.25, 0.3) is 0 Å². The molecular formula is C26H25ClN4O2. The van der Waals surface area contributed by atoms with E-state index in [0.29, 0.717) is 25.2 Å². The maximum absolute atomic E-state index is 13.1. The highest BCUT2D eigenvalue weighted by Crippen LogP contribution is 2.39. The SMILES string of the molecule is Cc1ccc2c(c1)Oc1ccc(C)cc1C(N1CCN(C(=O)c3cccnc3Cl)[C@H](C)C1)=N2. The number of ether oxygens (including phenoxy) is 1. The monoisotopic (exact) mass is 460 g/mol. The minimum atomic E-state index is -0.0940. The molecule has 1 amide bonds. The van der Waals surface area contributed by atoms with E-state index in [9.17, 15) is 4.79 Å². The first kappa shape index (κ1) is 21.5. The predicted molar refractivity (Wildman–Crippen MR) is 130 cm³/mol. The van der Waals surface area contributed by atoms with Crippen molar-refractivity contribution in [3.8, 4) is 11.5 Å². The van der Waals surface area contributed by atoms with Crippen molar-refractivity contribution < 1.29 is 9.53 Å². The van der Waals surface area contributed by atoms with E-state index < -0.39 is 0 Å². The fourth-order valence-corrected chi connectivity index (χ4v) is 4.59. The van der Waals surface area contributed by atoms with E-state index in [1.165, 1.54) is 0 Å². The second-order valence-corrected chi connectivity index (χ2v) is 9.00. The van der Waals surface area contributed by atoms with E-state index in [0.717, 1.165) is 39.7 Å². The van der Waals surface area contributed by atoms with Gasteiger partial charge in [-0.25, -0.2) is 9.98 Å². The number of aliphatic imine (C=N–C) groups is 1. The molecule has 0 spiro atoms. The summed E-state index contributed by atoms with van der Waals surface area (Å²) in [5, 5.41) is 0.235. The molecule has 2 aliphatic heterocycles. The van der Waals surface area contributed by atoms with Gasteiger partial charge in [0.15, 0.2) is 5.75 Å². The van der Waals surface area contributed by atoms with Gasteiger partial charge in [0.1, 0.15) is 22.4 Å². The molecular weight excluding hydrogens is 436 g/mol. The van der Waals surface area contributed by atoms with E-state index in [4.69, 9.17) is 21.3 Å². The third kappa shape index (κ3) is 4.07. The summed E-state index contributed by atoms with van der Waals surface area (Å²) in [4.78, 5) is 26.3. The Hall–Kier alpha value is -3.38. The molecule has 3 aromatic rings. The van der Waals surface area contributed by atoms with Gasteiger partial charge < -0.3 is 14.5 Å². The molecule has 0 aliphatic carbocycles. The van der Waals surface area contributed by atoms with Crippen molar-refractivity contribution >= 4 is 29.0 Å². The van der Waals surface area contributed by atoms with Gasteiger partial charge in [0.05, 0.1) is 11.1 Å². The molecule has 1 aromatic heterocycles. The Labute approximate surface area is 198 Å². The van der Waals surface area contributed by atoms with Gasteiger partial charge in [-0.1, -0.05) is 29.3 Å². The lowest BCUT2D eigenvalue weighted by atomic mass is 10.1. The number of amidine groups is 1. The van der Waals surface area contributed by atoms with Gasteiger partial charge >= 0.3 is 0 Å². The summed E-state index contributed by atoms with van der Waals surface area (Å²) >= 11 is 6.18. The van der Waals surface area contributed by atoms with Crippen LogP contribution in [0.3, 0.4) is 0 Å². The van der Waals surface area contributed by atoms with Gasteiger partial charge in [-0.3, -0.25) is 4.79 Å². The highest BCUT2D eigenvalue weighted by atomic mass is 35.5. The molecule has 5 rings (SSSR count). The first-order chi connectivity index (χ1) is 15.9. The number of benzene rings is 2. The van der Waals surface area contributed by atoms with E-state index >= 15 is 0 Å². The molecule has 0 saturated carbocycles. The fourth-order valence-electron chi connectivity index (χ4n) is 4.39. The second-order valence-electron chi connectivity index (χ2n) is 8.64. The molecule has 0 bridgehead atoms. The molecule has 3 heterocycles. The molecule has 0 radical (unpaired) electrons. The topological polar surface area (TPSA) is 58.0 Å². The molecule has 1 fully saturated rings. The van der Waals surface area contributed by atoms with Gasteiger partial charge in [0, 0.05) is 31.9 Å². The van der Waals surface area contributed by atoms with Crippen LogP contribution in [-0.2, 0) is 0 Å². The van der Waals surface area contributed by atoms with Gasteiger partial charge in [-0.15, -0.1) is 0 Å². The molecule has 168 valence electrons. The van der Waals surface area contributed by atoms with Gasteiger partial charge in [0.25, 0.3) is 5.91 Å². The number of pyridine rings is 1. The molecule has 2 aromatic carbocycles. The molecule has 1 saturated heterocycles. The summed E-state index contributed by atoms with van der Waals surface area (Å²) in [5.74, 6) is 2.32. The third-order valence-electron chi connectivity index (χ3n) is 6.11. The molecule has 6 nitrogen and oxygen atoms in total. The first-order valence-corrected chi connectivity index (χ1v) is 11.4. The summed E-state index contributed by atoms with van der Waals surface area (Å²) in [6, 6.07) is 15.7. The van der Waals surface area contributed by atoms with Crippen molar-refractivity contribution in [3.05, 3.63) is 82.1 Å². The van der Waals surface area contributed by atoms with Crippen LogP contribution < -0.4 is 4.74 Å². The molecule has 7 heteroatoms. The van der Waals surface area contributed by atoms with E-state index in [1.807, 2.05) is 42.2 Å². The van der Waals surface area contributed by atoms with Gasteiger partial charge in [0.2, 0.25) is 0 Å². The van der Waals surface area contributed by atoms with E-state index in [-0.39, 0.29) is 17.1 Å². The standard InChI is InChI=1S/C26H25ClN4O2/c1-16-7-9-22-20(13-16)25(29-21-8-6-17(2)14-23(21)33-22)30-11-12-31(18(3)15-30)26(32)19-5-4-10-28-24(19)27/h4-10,13-14,18H,11-12,15H2,1-3H3/t18-/m1/s1. The van der Waals surface area contributed by atoms with Crippen molar-refractivity contribution in [1.82, 2.24) is 14.8 Å². The Bertz CT molecular complexity index is 1270. The van der Waals surface area contributed by atoms with Crippen molar-refractivity contribution in [3.63, 3.8) is 0 Å². The van der Waals surface area contributed by atoms with Crippen LogP contribution >= 0.6 is 11.6 Å². The lowest BCUT2D eigenvalue weighted by molar-refractivity contribution is 0.0581. The lowest BCUT2D eigenvalue weighted by Crippen LogP contribution is -2.55. The number of nitrogens with zero attached hydrogens (tertiary/aromatic N) is 4. The third-order valence-corrected chi connectivity index (χ3v) is 6.42. The highest BCUT2D eigenvalue weighted by molar-refractivity contribution is 6.32. The number of fused-ring (bicyclic) bond motifs is 2. The number of piperazine rings is 1. The quantitative estimate of drug-likeness (QED) is 0.457. The lowest BCUT2D eigenvalue weighted by Gasteiger charge is -2.41. The smallest absolute Gasteiger partial charge is 0.257 e. The number of hydrogen-bond acceptors (Lipinski definition) is 5. The van der Waals surface area contributed by atoms with Crippen molar-refractivity contribution in [1.29, 1.82) is 0 Å². The van der Waals surface area contributed by atoms with Crippen LogP contribution in [0.2, 0.25) is 5.15 Å². The van der Waals surface area contributed by atoms with Crippen LogP contribution in [0.1, 0.15) is 34.0 Å². The molecule has 0 unspecified atom stereocenters. The largest absolute Gasteiger partial charge is 0.454 e. The Morgan fingerprint density at radius 3 is 2.64 bits per heavy atom. The summed E-state index contributed by atoms with van der Waals surface area (Å²) in [6.45, 7) is 8.03. The Balaban J connectivity index is 1.48. The summed E-state index contributed by atoms with van der Waals surface area (Å²) in [6.07, 6.45) is 1.59. The van der Waals surface area contributed by atoms with Crippen molar-refractivity contribution in [2.45, 2.75) is 26.8 Å². The minimum absolute atomic E-state index is 0.0276. The maximum Gasteiger partial charge on any atom is 0.257 e. The Morgan fingerprint density at radius 2 is 1.85 bits per heavy atom. The molecule has 1 atom stereocenters. The van der Waals surface area contributed by atoms with Crippen LogP contribution in [0, 0.1) is 13.8 Å². The number of aromatic nitrogens is 1. The fraction of sp³-hybridized carbons (Fsp3) is 0.269. The average molecular weight is 461 g/mol. The number of halogens is 1. The zero-order valence-electron chi connectivity index (χ0n) is 18.9. The summed E-state index contributed by atoms with van der Waals surface area (Å²) in [5.41, 5.74) is 4.46. The van der Waals surface area contributed by atoms with Crippen LogP contribution in [0.5, 0.6) is 11.5 Å². The summed E-state index contributed by atoms with van der Waals surface area (Å²) in [7, 11) is 0. The number of rotatable bonds is 1. The zero-order chi connectivity index (χ0) is 23.1. The highest BCUT2D eigenvalue weighted by Gasteiger charge is 2.32. The number of amides is 1. The van der Waals surface area contributed by atoms with Crippen molar-refractivity contribution in [2.24, 2.45) is 4.99 Å². The summed E-state index contributed by atoms with van der Waals surface area (Å²) < 4.78 is 6.29. The molecule has 33 heavy (non-hydrogen) atoms. The Morgan fingerprint density at radius 1 is 1.06 bits per heavy atom. The minimum Gasteiger partial charge on any atom is -0.454 e. The first-order valence-electron chi connectivity index (χ1n) is 11.1. The predicted octanol–water partition coefficient (Wildman–Crippen LogP) is 5.38. The zero-order valence-corrected chi connectivity index (χ0v) is 19.6. The maximum atomic E-state index is 13.1. The number of carbonyl (C=O) groups is 1. The van der Waals surface area contributed by atoms with Crippen molar-refractivity contribution in [2.75, 3.05) is 19.6 Å². The number of hydrogen-bond donors (Lipinski definition) is 0. The average Bonchev–Trinajstić information content (AvgIpc) is 2.95. The normalized spacial score (nSPS) is 17.5. The van der Waals surface area contributed by atoms with Gasteiger partial charge in [-0.2, -0.15) is 0 Å². The second kappa shape index (κ2) is 8.52. The van der Waals surface area contributed by atoms with E-state index in [2.05, 4.69) is 29.8 Å². The Kier molecular flexibility index (Phi) is 5.54. The van der Waals surface area contributed by atoms with E-state index in [1.54, 1.807) is 18.3 Å². The number of aryl methyl sites for hydroxylation is 2. The molecule has 0 N–H and O–H groups in total. The van der Waals surface area contributed by atoms with Crippen LogP contribution in [-0.4, -0.2) is 52.2 Å². The van der Waals surface area contributed by atoms with Crippen LogP contribution in [0.4, 0.5) is 5.69 Å². The number of carbonyl (C=O) groups excluding carboxylic acids is 1. The molecule has 2 aliphatic rings. The van der Waals surface area contributed by atoms with Gasteiger partial charge in [-0.05, 0) is 62.7 Å².